The smallest absolute Gasteiger partial charge is 0.338 e. The van der Waals surface area contributed by atoms with E-state index in [-0.39, 0.29) is 29.2 Å². The Hall–Kier alpha value is -4.11. The van der Waals surface area contributed by atoms with Gasteiger partial charge in [-0.15, -0.1) is 0 Å². The molecule has 4 aromatic rings. The molecule has 0 saturated heterocycles. The first-order chi connectivity index (χ1) is 16.3. The van der Waals surface area contributed by atoms with Crippen LogP contribution in [0.25, 0.3) is 10.9 Å². The Balaban J connectivity index is 1.41. The second-order valence-electron chi connectivity index (χ2n) is 8.09. The van der Waals surface area contributed by atoms with Crippen molar-refractivity contribution in [2.24, 2.45) is 0 Å². The van der Waals surface area contributed by atoms with Crippen molar-refractivity contribution in [3.8, 4) is 0 Å². The number of urea groups is 1. The van der Waals surface area contributed by atoms with Gasteiger partial charge in [0.15, 0.2) is 0 Å². The van der Waals surface area contributed by atoms with E-state index in [0.717, 1.165) is 20.9 Å². The molecule has 0 unspecified atom stereocenters. The van der Waals surface area contributed by atoms with Crippen molar-refractivity contribution in [1.29, 1.82) is 0 Å². The van der Waals surface area contributed by atoms with Crippen LogP contribution in [0.2, 0.25) is 0 Å². The van der Waals surface area contributed by atoms with E-state index >= 15 is 0 Å². The zero-order chi connectivity index (χ0) is 23.9. The predicted octanol–water partition coefficient (Wildman–Crippen LogP) is 3.86. The lowest BCUT2D eigenvalue weighted by Crippen LogP contribution is -2.48. The maximum atomic E-state index is 13.4. The van der Waals surface area contributed by atoms with E-state index in [9.17, 15) is 18.0 Å². The van der Waals surface area contributed by atoms with Crippen molar-refractivity contribution in [3.63, 3.8) is 0 Å². The molecule has 172 valence electrons. The van der Waals surface area contributed by atoms with Crippen LogP contribution in [0, 0.1) is 0 Å². The molecule has 8 nitrogen and oxygen atoms in total. The maximum Gasteiger partial charge on any atom is 0.338 e. The van der Waals surface area contributed by atoms with E-state index in [0.29, 0.717) is 5.56 Å². The number of hydrogen-bond donors (Lipinski definition) is 2. The summed E-state index contributed by atoms with van der Waals surface area (Å²) in [5.41, 5.74) is 2.92. The Morgan fingerprint density at radius 1 is 0.971 bits per heavy atom. The molecule has 1 aliphatic heterocycles. The molecule has 2 heterocycles. The Bertz CT molecular complexity index is 1480. The monoisotopic (exact) mass is 474 g/mol. The fourth-order valence-electron chi connectivity index (χ4n) is 4.04. The van der Waals surface area contributed by atoms with Gasteiger partial charge in [-0.05, 0) is 41.3 Å². The van der Waals surface area contributed by atoms with Crippen molar-refractivity contribution in [2.45, 2.75) is 18.0 Å². The molecule has 0 fully saturated rings. The first-order valence-electron chi connectivity index (χ1n) is 10.7. The van der Waals surface area contributed by atoms with E-state index < -0.39 is 22.0 Å². The topological polar surface area (TPSA) is 103 Å². The van der Waals surface area contributed by atoms with Gasteiger partial charge >= 0.3 is 6.03 Å². The fourth-order valence-corrected chi connectivity index (χ4v) is 5.67. The highest BCUT2D eigenvalue weighted by atomic mass is 32.2. The lowest BCUT2D eigenvalue weighted by atomic mass is 10.1. The molecule has 1 aromatic heterocycles. The molecule has 3 amide bonds. The van der Waals surface area contributed by atoms with Gasteiger partial charge in [-0.25, -0.2) is 17.5 Å². The van der Waals surface area contributed by atoms with Crippen LogP contribution in [0.1, 0.15) is 21.6 Å². The van der Waals surface area contributed by atoms with Crippen LogP contribution in [0.4, 0.5) is 10.5 Å². The Labute approximate surface area is 196 Å². The molecular weight excluding hydrogens is 452 g/mol. The van der Waals surface area contributed by atoms with E-state index in [4.69, 9.17) is 0 Å². The fraction of sp³-hybridized carbons (Fsp3) is 0.120. The number of fused-ring (bicyclic) bond motifs is 2. The predicted molar refractivity (Wildman–Crippen MR) is 129 cm³/mol. The largest absolute Gasteiger partial charge is 0.357 e. The molecule has 0 bridgehead atoms. The lowest BCUT2D eigenvalue weighted by Gasteiger charge is -2.34. The van der Waals surface area contributed by atoms with Crippen LogP contribution in [0.15, 0.2) is 83.8 Å². The number of H-pyrrole nitrogens is 1. The third-order valence-electron chi connectivity index (χ3n) is 5.85. The highest BCUT2D eigenvalue weighted by Crippen LogP contribution is 2.35. The van der Waals surface area contributed by atoms with Crippen LogP contribution >= 0.6 is 0 Å². The average molecular weight is 475 g/mol. The van der Waals surface area contributed by atoms with Gasteiger partial charge in [0, 0.05) is 23.8 Å². The quantitative estimate of drug-likeness (QED) is 0.459. The number of para-hydroxylation sites is 1. The number of rotatable bonds is 5. The summed E-state index contributed by atoms with van der Waals surface area (Å²) >= 11 is 0. The third kappa shape index (κ3) is 3.80. The Morgan fingerprint density at radius 3 is 2.47 bits per heavy atom. The van der Waals surface area contributed by atoms with E-state index in [1.807, 2.05) is 36.4 Å². The number of carbonyl (C=O) groups is 2. The van der Waals surface area contributed by atoms with E-state index in [2.05, 4.69) is 10.3 Å². The van der Waals surface area contributed by atoms with Gasteiger partial charge in [-0.3, -0.25) is 9.69 Å². The van der Waals surface area contributed by atoms with Gasteiger partial charge in [0.05, 0.1) is 18.8 Å². The molecule has 0 saturated carbocycles. The Morgan fingerprint density at radius 2 is 1.71 bits per heavy atom. The molecular formula is C25H22N4O4S. The molecule has 0 atom stereocenters. The molecule has 0 radical (unpaired) electrons. The number of nitrogens with one attached hydrogen (secondary N) is 2. The number of aromatic nitrogens is 1. The molecule has 2 N–H and O–H groups in total. The van der Waals surface area contributed by atoms with Gasteiger partial charge in [-0.2, -0.15) is 0 Å². The van der Waals surface area contributed by atoms with Crippen LogP contribution in [0.3, 0.4) is 0 Å². The first kappa shape index (κ1) is 21.7. The summed E-state index contributed by atoms with van der Waals surface area (Å²) < 4.78 is 27.5. The number of amides is 3. The van der Waals surface area contributed by atoms with Gasteiger partial charge in [0.2, 0.25) is 0 Å². The second kappa shape index (κ2) is 8.35. The van der Waals surface area contributed by atoms with Crippen LogP contribution in [0.5, 0.6) is 0 Å². The zero-order valence-corrected chi connectivity index (χ0v) is 19.2. The molecule has 1 aliphatic rings. The first-order valence-corrected chi connectivity index (χ1v) is 12.1. The van der Waals surface area contributed by atoms with Gasteiger partial charge in [0.1, 0.15) is 4.90 Å². The minimum Gasteiger partial charge on any atom is -0.357 e. The van der Waals surface area contributed by atoms with Crippen LogP contribution < -0.4 is 10.2 Å². The van der Waals surface area contributed by atoms with Gasteiger partial charge < -0.3 is 10.3 Å². The summed E-state index contributed by atoms with van der Waals surface area (Å²) in [6, 6.07) is 22.3. The SMILES string of the molecule is CN1C(=O)N(Cc2ccccc2)S(=O)(=O)c2cc(C(=O)NCc3cc4ccccc4[nH]3)ccc21. The number of anilines is 1. The van der Waals surface area contributed by atoms with Crippen molar-refractivity contribution < 1.29 is 18.0 Å². The van der Waals surface area contributed by atoms with Crippen molar-refractivity contribution >= 4 is 38.6 Å². The number of benzene rings is 3. The average Bonchev–Trinajstić information content (AvgIpc) is 3.27. The highest BCUT2D eigenvalue weighted by Gasteiger charge is 2.40. The number of carbonyl (C=O) groups excluding carboxylic acids is 2. The molecule has 0 aliphatic carbocycles. The van der Waals surface area contributed by atoms with Crippen LogP contribution in [-0.2, 0) is 23.1 Å². The lowest BCUT2D eigenvalue weighted by molar-refractivity contribution is 0.0950. The zero-order valence-electron chi connectivity index (χ0n) is 18.4. The van der Waals surface area contributed by atoms with E-state index in [1.165, 1.54) is 30.1 Å². The molecule has 34 heavy (non-hydrogen) atoms. The Kier molecular flexibility index (Phi) is 5.33. The summed E-state index contributed by atoms with van der Waals surface area (Å²) in [5, 5.41) is 3.86. The normalized spacial score (nSPS) is 14.8. The number of hydrogen-bond acceptors (Lipinski definition) is 4. The second-order valence-corrected chi connectivity index (χ2v) is 9.92. The van der Waals surface area contributed by atoms with Crippen molar-refractivity contribution in [3.05, 3.63) is 95.7 Å². The summed E-state index contributed by atoms with van der Waals surface area (Å²) in [6.07, 6.45) is 0. The molecule has 5 rings (SSSR count). The van der Waals surface area contributed by atoms with Gasteiger partial charge in [0.25, 0.3) is 15.9 Å². The minimum absolute atomic E-state index is 0.0798. The van der Waals surface area contributed by atoms with E-state index in [1.54, 1.807) is 24.3 Å². The van der Waals surface area contributed by atoms with Crippen molar-refractivity contribution in [1.82, 2.24) is 14.6 Å². The highest BCUT2D eigenvalue weighted by molar-refractivity contribution is 7.90. The maximum absolute atomic E-state index is 13.4. The number of nitrogens with zero attached hydrogens (tertiary/aromatic N) is 2. The van der Waals surface area contributed by atoms with Crippen molar-refractivity contribution in [2.75, 3.05) is 11.9 Å². The molecule has 9 heteroatoms. The minimum atomic E-state index is -4.15. The molecule has 3 aromatic carbocycles. The third-order valence-corrected chi connectivity index (χ3v) is 7.59. The summed E-state index contributed by atoms with van der Waals surface area (Å²) in [5.74, 6) is -0.411. The summed E-state index contributed by atoms with van der Waals surface area (Å²) in [6.45, 7) is 0.165. The standard InChI is InChI=1S/C25H22N4O4S/c1-28-22-12-11-19(24(30)26-15-20-13-18-9-5-6-10-21(18)27-20)14-23(22)34(32,33)29(25(28)31)16-17-7-3-2-4-8-17/h2-14,27H,15-16H2,1H3,(H,26,30). The molecule has 0 spiro atoms. The van der Waals surface area contributed by atoms with Crippen LogP contribution in [-0.4, -0.2) is 36.7 Å². The summed E-state index contributed by atoms with van der Waals surface area (Å²) in [4.78, 5) is 30.1. The van der Waals surface area contributed by atoms with Gasteiger partial charge in [-0.1, -0.05) is 48.5 Å². The number of aromatic amines is 1. The number of sulfonamides is 1. The summed E-state index contributed by atoms with van der Waals surface area (Å²) in [7, 11) is -2.63.